The van der Waals surface area contributed by atoms with E-state index in [1.807, 2.05) is 13.8 Å². The van der Waals surface area contributed by atoms with Crippen molar-refractivity contribution in [1.29, 1.82) is 0 Å². The lowest BCUT2D eigenvalue weighted by molar-refractivity contribution is -0.116. The molecule has 2 rings (SSSR count). The van der Waals surface area contributed by atoms with Gasteiger partial charge < -0.3 is 5.32 Å². The molecule has 1 aliphatic heterocycles. The molecule has 0 aliphatic carbocycles. The van der Waals surface area contributed by atoms with Crippen LogP contribution in [-0.2, 0) is 4.79 Å². The standard InChI is InChI=1S/C17H19F4N3O3S/c1-9(2)6-22-15(26)23-7-14(25)24(16(23)27)12-5-13(10(3)4-11(12)18)28-8-17(19,20)21/h4-5,9H,6-8H2,1-3H3,(H,22,26). The number of alkyl halides is 3. The van der Waals surface area contributed by atoms with Crippen molar-refractivity contribution < 1.29 is 31.9 Å². The second kappa shape index (κ2) is 8.38. The van der Waals surface area contributed by atoms with Crippen molar-refractivity contribution in [3.05, 3.63) is 23.5 Å². The van der Waals surface area contributed by atoms with Crippen LogP contribution in [0.2, 0.25) is 0 Å². The molecule has 0 atom stereocenters. The normalized spacial score (nSPS) is 15.0. The third-order valence-electron chi connectivity index (χ3n) is 3.75. The summed E-state index contributed by atoms with van der Waals surface area (Å²) >= 11 is 0.423. The minimum absolute atomic E-state index is 0.0806. The van der Waals surface area contributed by atoms with E-state index in [9.17, 15) is 31.9 Å². The van der Waals surface area contributed by atoms with E-state index in [1.165, 1.54) is 6.92 Å². The number of anilines is 1. The molecule has 6 nitrogen and oxygen atoms in total. The molecule has 0 unspecified atom stereocenters. The highest BCUT2D eigenvalue weighted by Gasteiger charge is 2.42. The molecule has 28 heavy (non-hydrogen) atoms. The Bertz CT molecular complexity index is 799. The summed E-state index contributed by atoms with van der Waals surface area (Å²) in [7, 11) is 0. The molecule has 0 bridgehead atoms. The summed E-state index contributed by atoms with van der Waals surface area (Å²) in [5.41, 5.74) is -0.245. The van der Waals surface area contributed by atoms with E-state index >= 15 is 0 Å². The maximum Gasteiger partial charge on any atom is 0.398 e. The summed E-state index contributed by atoms with van der Waals surface area (Å²) in [5, 5.41) is 2.48. The number of halogens is 4. The molecule has 11 heteroatoms. The van der Waals surface area contributed by atoms with E-state index in [0.29, 0.717) is 21.6 Å². The third-order valence-corrected chi connectivity index (χ3v) is 4.97. The summed E-state index contributed by atoms with van der Waals surface area (Å²) in [6.45, 7) is 4.79. The van der Waals surface area contributed by atoms with Crippen LogP contribution in [0, 0.1) is 18.7 Å². The molecule has 1 aliphatic rings. The number of imide groups is 2. The van der Waals surface area contributed by atoms with Crippen LogP contribution in [0.15, 0.2) is 17.0 Å². The van der Waals surface area contributed by atoms with Crippen LogP contribution in [-0.4, -0.2) is 47.9 Å². The molecule has 1 N–H and O–H groups in total. The predicted molar refractivity (Wildman–Crippen MR) is 95.7 cm³/mol. The summed E-state index contributed by atoms with van der Waals surface area (Å²) in [4.78, 5) is 38.0. The van der Waals surface area contributed by atoms with Gasteiger partial charge in [-0.25, -0.2) is 23.8 Å². The highest BCUT2D eigenvalue weighted by molar-refractivity contribution is 7.99. The van der Waals surface area contributed by atoms with Gasteiger partial charge >= 0.3 is 18.2 Å². The highest BCUT2D eigenvalue weighted by atomic mass is 32.2. The first-order chi connectivity index (χ1) is 12.9. The minimum atomic E-state index is -4.43. The van der Waals surface area contributed by atoms with Gasteiger partial charge in [0.15, 0.2) is 0 Å². The zero-order chi connectivity index (χ0) is 21.2. The first-order valence-corrected chi connectivity index (χ1v) is 9.31. The molecule has 0 aromatic heterocycles. The van der Waals surface area contributed by atoms with Crippen molar-refractivity contribution in [2.45, 2.75) is 31.8 Å². The smallest absolute Gasteiger partial charge is 0.337 e. The fourth-order valence-corrected chi connectivity index (χ4v) is 3.21. The zero-order valence-electron chi connectivity index (χ0n) is 15.4. The van der Waals surface area contributed by atoms with Gasteiger partial charge in [0.05, 0.1) is 11.4 Å². The number of aryl methyl sites for hydroxylation is 1. The van der Waals surface area contributed by atoms with Gasteiger partial charge in [-0.15, -0.1) is 11.8 Å². The Hall–Kier alpha value is -2.30. The number of carbonyl (C=O) groups excluding carboxylic acids is 3. The molecular weight excluding hydrogens is 402 g/mol. The zero-order valence-corrected chi connectivity index (χ0v) is 16.2. The summed E-state index contributed by atoms with van der Waals surface area (Å²) in [5.74, 6) is -2.89. The molecular formula is C17H19F4N3O3S. The van der Waals surface area contributed by atoms with Gasteiger partial charge in [0.2, 0.25) is 0 Å². The fraction of sp³-hybridized carbons (Fsp3) is 0.471. The molecule has 0 spiro atoms. The van der Waals surface area contributed by atoms with Crippen LogP contribution < -0.4 is 10.2 Å². The average molecular weight is 421 g/mol. The first-order valence-electron chi connectivity index (χ1n) is 8.32. The SMILES string of the molecule is Cc1cc(F)c(N2C(=O)CN(C(=O)NCC(C)C)C2=O)cc1SCC(F)(F)F. The molecule has 1 aromatic rings. The summed E-state index contributed by atoms with van der Waals surface area (Å²) in [6.07, 6.45) is -4.43. The van der Waals surface area contributed by atoms with Gasteiger partial charge in [-0.05, 0) is 30.5 Å². The number of urea groups is 2. The second-order valence-corrected chi connectivity index (χ2v) is 7.67. The van der Waals surface area contributed by atoms with E-state index in [-0.39, 0.29) is 22.9 Å². The molecule has 154 valence electrons. The number of hydrogen-bond acceptors (Lipinski definition) is 4. The molecule has 0 saturated carbocycles. The largest absolute Gasteiger partial charge is 0.398 e. The van der Waals surface area contributed by atoms with Crippen molar-refractivity contribution in [2.75, 3.05) is 23.7 Å². The Morgan fingerprint density at radius 1 is 1.29 bits per heavy atom. The van der Waals surface area contributed by atoms with Crippen molar-refractivity contribution >= 4 is 35.4 Å². The number of nitrogens with one attached hydrogen (secondary N) is 1. The number of rotatable bonds is 5. The van der Waals surface area contributed by atoms with Gasteiger partial charge in [0.25, 0.3) is 5.91 Å². The minimum Gasteiger partial charge on any atom is -0.337 e. The summed E-state index contributed by atoms with van der Waals surface area (Å²) < 4.78 is 51.8. The monoisotopic (exact) mass is 421 g/mol. The lowest BCUT2D eigenvalue weighted by Gasteiger charge is -2.19. The fourth-order valence-electron chi connectivity index (χ4n) is 2.41. The number of amides is 5. The highest BCUT2D eigenvalue weighted by Crippen LogP contribution is 2.35. The number of nitrogens with zero attached hydrogens (tertiary/aromatic N) is 2. The van der Waals surface area contributed by atoms with Crippen molar-refractivity contribution in [3.63, 3.8) is 0 Å². The van der Waals surface area contributed by atoms with Crippen molar-refractivity contribution in [2.24, 2.45) is 5.92 Å². The van der Waals surface area contributed by atoms with Gasteiger partial charge in [-0.2, -0.15) is 13.2 Å². The second-order valence-electron chi connectivity index (χ2n) is 6.65. The molecule has 1 fully saturated rings. The van der Waals surface area contributed by atoms with Crippen LogP contribution in [0.1, 0.15) is 19.4 Å². The number of benzene rings is 1. The van der Waals surface area contributed by atoms with E-state index in [4.69, 9.17) is 0 Å². The van der Waals surface area contributed by atoms with Crippen LogP contribution in [0.5, 0.6) is 0 Å². The Morgan fingerprint density at radius 2 is 1.93 bits per heavy atom. The molecule has 1 aromatic carbocycles. The maximum absolute atomic E-state index is 14.4. The van der Waals surface area contributed by atoms with Crippen LogP contribution in [0.25, 0.3) is 0 Å². The quantitative estimate of drug-likeness (QED) is 0.445. The van der Waals surface area contributed by atoms with Gasteiger partial charge in [-0.1, -0.05) is 13.8 Å². The first kappa shape index (κ1) is 22.0. The lowest BCUT2D eigenvalue weighted by Crippen LogP contribution is -2.44. The van der Waals surface area contributed by atoms with Crippen LogP contribution >= 0.6 is 11.8 Å². The Morgan fingerprint density at radius 3 is 2.50 bits per heavy atom. The number of hydrogen-bond donors (Lipinski definition) is 1. The Labute approximate surface area is 163 Å². The number of thioether (sulfide) groups is 1. The summed E-state index contributed by atoms with van der Waals surface area (Å²) in [6, 6.07) is 0.122. The van der Waals surface area contributed by atoms with Crippen LogP contribution in [0.3, 0.4) is 0 Å². The Balaban J connectivity index is 2.27. The maximum atomic E-state index is 14.4. The van der Waals surface area contributed by atoms with Gasteiger partial charge in [0, 0.05) is 11.4 Å². The lowest BCUT2D eigenvalue weighted by atomic mass is 10.2. The molecule has 5 amide bonds. The third kappa shape index (κ3) is 5.15. The topological polar surface area (TPSA) is 69.7 Å². The van der Waals surface area contributed by atoms with Gasteiger partial charge in [-0.3, -0.25) is 4.79 Å². The van der Waals surface area contributed by atoms with Crippen molar-refractivity contribution in [3.8, 4) is 0 Å². The molecule has 1 saturated heterocycles. The van der Waals surface area contributed by atoms with Gasteiger partial charge in [0.1, 0.15) is 12.4 Å². The van der Waals surface area contributed by atoms with E-state index in [1.54, 1.807) is 0 Å². The van der Waals surface area contributed by atoms with E-state index < -0.39 is 47.9 Å². The van der Waals surface area contributed by atoms with Crippen LogP contribution in [0.4, 0.5) is 32.8 Å². The molecule has 0 radical (unpaired) electrons. The van der Waals surface area contributed by atoms with E-state index in [2.05, 4.69) is 5.32 Å². The van der Waals surface area contributed by atoms with E-state index in [0.717, 1.165) is 12.1 Å². The number of carbonyl (C=O) groups is 3. The molecule has 1 heterocycles. The Kier molecular flexibility index (Phi) is 6.58. The predicted octanol–water partition coefficient (Wildman–Crippen LogP) is 3.92. The average Bonchev–Trinajstić information content (AvgIpc) is 2.86. The van der Waals surface area contributed by atoms with Crippen molar-refractivity contribution in [1.82, 2.24) is 10.2 Å².